The molecule has 3 nitrogen and oxygen atoms in total. The third-order valence-corrected chi connectivity index (χ3v) is 3.27. The van der Waals surface area contributed by atoms with Crippen molar-refractivity contribution in [3.05, 3.63) is 39.9 Å². The molecule has 0 amide bonds. The molecule has 0 spiro atoms. The molecule has 0 saturated heterocycles. The predicted octanol–water partition coefficient (Wildman–Crippen LogP) is 3.15. The van der Waals surface area contributed by atoms with Crippen molar-refractivity contribution in [2.45, 2.75) is 20.3 Å². The van der Waals surface area contributed by atoms with Gasteiger partial charge in [-0.1, -0.05) is 18.2 Å². The van der Waals surface area contributed by atoms with Gasteiger partial charge in [0.2, 0.25) is 0 Å². The highest BCUT2D eigenvalue weighted by Crippen LogP contribution is 2.32. The number of aryl methyl sites for hydroxylation is 1. The van der Waals surface area contributed by atoms with E-state index < -0.39 is 5.97 Å². The van der Waals surface area contributed by atoms with Gasteiger partial charge in [-0.3, -0.25) is 0 Å². The highest BCUT2D eigenvalue weighted by Gasteiger charge is 2.15. The minimum Gasteiger partial charge on any atom is -0.496 e. The maximum absolute atomic E-state index is 10.8. The average Bonchev–Trinajstić information content (AvgIpc) is 2.29. The molecule has 0 heterocycles. The van der Waals surface area contributed by atoms with Crippen LogP contribution in [-0.4, -0.2) is 18.2 Å². The van der Waals surface area contributed by atoms with E-state index in [4.69, 9.17) is 21.4 Å². The van der Waals surface area contributed by atoms with Crippen molar-refractivity contribution in [1.29, 1.82) is 0 Å². The Kier molecular flexibility index (Phi) is 4.18. The van der Waals surface area contributed by atoms with Crippen LogP contribution in [0.1, 0.15) is 16.7 Å². The van der Waals surface area contributed by atoms with E-state index in [-0.39, 0.29) is 12.0 Å². The summed E-state index contributed by atoms with van der Waals surface area (Å²) in [6, 6.07) is 1.81. The van der Waals surface area contributed by atoms with Crippen molar-refractivity contribution < 1.29 is 14.6 Å². The van der Waals surface area contributed by atoms with Gasteiger partial charge in [0.15, 0.2) is 0 Å². The fourth-order valence-corrected chi connectivity index (χ4v) is 1.82. The Balaban J connectivity index is 3.26. The number of hydrogen-bond donors (Lipinski definition) is 1. The second-order valence-corrected chi connectivity index (χ2v) is 4.28. The number of halogens is 1. The summed E-state index contributed by atoms with van der Waals surface area (Å²) >= 11 is 6.14. The largest absolute Gasteiger partial charge is 0.496 e. The highest BCUT2D eigenvalue weighted by atomic mass is 35.5. The Bertz CT molecular complexity index is 478. The summed E-state index contributed by atoms with van der Waals surface area (Å²) < 4.78 is 5.25. The normalized spacial score (nSPS) is 10.1. The van der Waals surface area contributed by atoms with E-state index in [1.807, 2.05) is 13.8 Å². The molecule has 0 radical (unpaired) electrons. The van der Waals surface area contributed by atoms with E-state index in [1.54, 1.807) is 13.2 Å². The van der Waals surface area contributed by atoms with Crippen LogP contribution in [0.25, 0.3) is 0 Å². The summed E-state index contributed by atoms with van der Waals surface area (Å²) in [6.45, 7) is 7.25. The van der Waals surface area contributed by atoms with Gasteiger partial charge in [0.1, 0.15) is 5.75 Å². The van der Waals surface area contributed by atoms with E-state index in [0.717, 1.165) is 16.7 Å². The monoisotopic (exact) mass is 254 g/mol. The Morgan fingerprint density at radius 1 is 1.53 bits per heavy atom. The zero-order valence-electron chi connectivity index (χ0n) is 10.1. The molecule has 0 unspecified atom stereocenters. The Morgan fingerprint density at radius 2 is 2.12 bits per heavy atom. The van der Waals surface area contributed by atoms with Crippen LogP contribution in [0, 0.1) is 13.8 Å². The number of carboxylic acid groups (broad SMARTS) is 1. The molecule has 0 aliphatic rings. The molecular weight excluding hydrogens is 240 g/mol. The molecule has 92 valence electrons. The quantitative estimate of drug-likeness (QED) is 0.840. The Morgan fingerprint density at radius 3 is 2.59 bits per heavy atom. The summed E-state index contributed by atoms with van der Waals surface area (Å²) in [5.41, 5.74) is 2.64. The lowest BCUT2D eigenvalue weighted by atomic mass is 9.98. The summed E-state index contributed by atoms with van der Waals surface area (Å²) in [5.74, 6) is -0.366. The summed E-state index contributed by atoms with van der Waals surface area (Å²) in [5, 5.41) is 9.49. The highest BCUT2D eigenvalue weighted by molar-refractivity contribution is 6.32. The van der Waals surface area contributed by atoms with Crippen LogP contribution in [0.15, 0.2) is 18.2 Å². The lowest BCUT2D eigenvalue weighted by Gasteiger charge is -2.15. The van der Waals surface area contributed by atoms with Crippen LogP contribution in [0.2, 0.25) is 5.02 Å². The van der Waals surface area contributed by atoms with Crippen molar-refractivity contribution in [2.24, 2.45) is 0 Å². The third kappa shape index (κ3) is 2.80. The van der Waals surface area contributed by atoms with E-state index in [0.29, 0.717) is 10.8 Å². The maximum Gasteiger partial charge on any atom is 0.331 e. The van der Waals surface area contributed by atoms with Gasteiger partial charge in [-0.05, 0) is 31.0 Å². The second kappa shape index (κ2) is 5.23. The molecule has 4 heteroatoms. The second-order valence-electron chi connectivity index (χ2n) is 3.90. The molecule has 1 N–H and O–H groups in total. The number of carboxylic acids is 1. The van der Waals surface area contributed by atoms with Crippen LogP contribution < -0.4 is 4.74 Å². The molecule has 0 saturated carbocycles. The van der Waals surface area contributed by atoms with Crippen molar-refractivity contribution in [3.63, 3.8) is 0 Å². The fraction of sp³-hybridized carbons (Fsp3) is 0.308. The van der Waals surface area contributed by atoms with Gasteiger partial charge >= 0.3 is 5.97 Å². The van der Waals surface area contributed by atoms with E-state index >= 15 is 0 Å². The van der Waals surface area contributed by atoms with Gasteiger partial charge in [-0.15, -0.1) is 0 Å². The molecule has 0 aliphatic carbocycles. The first-order valence-electron chi connectivity index (χ1n) is 5.12. The number of benzene rings is 1. The number of aliphatic carboxylic acids is 1. The molecule has 1 rings (SSSR count). The minimum atomic E-state index is -1.01. The van der Waals surface area contributed by atoms with Crippen LogP contribution >= 0.6 is 11.6 Å². The number of methoxy groups -OCH3 is 1. The molecule has 0 atom stereocenters. The predicted molar refractivity (Wildman–Crippen MR) is 68.0 cm³/mol. The fourth-order valence-electron chi connectivity index (χ4n) is 1.65. The standard InChI is InChI=1S/C13H15ClO3/c1-7-6-11(17-4)10(9(3)12(7)14)5-8(2)13(15)16/h6H,2,5H2,1,3-4H3,(H,15,16). The minimum absolute atomic E-state index is 0.117. The first-order chi connectivity index (χ1) is 7.88. The summed E-state index contributed by atoms with van der Waals surface area (Å²) in [6.07, 6.45) is 0.227. The van der Waals surface area contributed by atoms with Crippen molar-refractivity contribution in [3.8, 4) is 5.75 Å². The maximum atomic E-state index is 10.8. The number of hydrogen-bond acceptors (Lipinski definition) is 2. The molecular formula is C13H15ClO3. The lowest BCUT2D eigenvalue weighted by Crippen LogP contribution is -2.06. The van der Waals surface area contributed by atoms with E-state index in [2.05, 4.69) is 6.58 Å². The molecule has 0 aliphatic heterocycles. The molecule has 0 aromatic heterocycles. The first kappa shape index (κ1) is 13.6. The molecule has 1 aromatic rings. The summed E-state index contributed by atoms with van der Waals surface area (Å²) in [4.78, 5) is 10.8. The van der Waals surface area contributed by atoms with E-state index in [9.17, 15) is 4.79 Å². The number of rotatable bonds is 4. The smallest absolute Gasteiger partial charge is 0.331 e. The van der Waals surface area contributed by atoms with Gasteiger partial charge in [-0.25, -0.2) is 4.79 Å². The van der Waals surface area contributed by atoms with Gasteiger partial charge in [0.25, 0.3) is 0 Å². The van der Waals surface area contributed by atoms with Crippen LogP contribution in [0.3, 0.4) is 0 Å². The van der Waals surface area contributed by atoms with Crippen LogP contribution in [-0.2, 0) is 11.2 Å². The van der Waals surface area contributed by atoms with Crippen LogP contribution in [0.4, 0.5) is 0 Å². The third-order valence-electron chi connectivity index (χ3n) is 2.69. The van der Waals surface area contributed by atoms with Gasteiger partial charge in [0.05, 0.1) is 7.11 Å². The molecule has 1 aromatic carbocycles. The molecule has 17 heavy (non-hydrogen) atoms. The van der Waals surface area contributed by atoms with Gasteiger partial charge in [-0.2, -0.15) is 0 Å². The average molecular weight is 255 g/mol. The number of carbonyl (C=O) groups is 1. The van der Waals surface area contributed by atoms with Gasteiger partial charge < -0.3 is 9.84 Å². The SMILES string of the molecule is C=C(Cc1c(OC)cc(C)c(Cl)c1C)C(=O)O. The Hall–Kier alpha value is -1.48. The van der Waals surface area contributed by atoms with Crippen LogP contribution in [0.5, 0.6) is 5.75 Å². The zero-order valence-corrected chi connectivity index (χ0v) is 10.9. The lowest BCUT2D eigenvalue weighted by molar-refractivity contribution is -0.132. The Labute approximate surface area is 106 Å². The first-order valence-corrected chi connectivity index (χ1v) is 5.50. The molecule has 0 bridgehead atoms. The molecule has 0 fully saturated rings. The zero-order chi connectivity index (χ0) is 13.2. The summed E-state index contributed by atoms with van der Waals surface area (Å²) in [7, 11) is 1.55. The van der Waals surface area contributed by atoms with Crippen molar-refractivity contribution >= 4 is 17.6 Å². The van der Waals surface area contributed by atoms with Crippen molar-refractivity contribution in [1.82, 2.24) is 0 Å². The topological polar surface area (TPSA) is 46.5 Å². The van der Waals surface area contributed by atoms with E-state index in [1.165, 1.54) is 0 Å². The van der Waals surface area contributed by atoms with Gasteiger partial charge in [0, 0.05) is 22.6 Å². The number of ether oxygens (including phenoxy) is 1. The van der Waals surface area contributed by atoms with Crippen molar-refractivity contribution in [2.75, 3.05) is 7.11 Å².